The van der Waals surface area contributed by atoms with E-state index >= 15 is 0 Å². The van der Waals surface area contributed by atoms with Crippen LogP contribution in [0.25, 0.3) is 22.3 Å². The summed E-state index contributed by atoms with van der Waals surface area (Å²) in [6.45, 7) is 5.95. The van der Waals surface area contributed by atoms with Gasteiger partial charge in [-0.2, -0.15) is 0 Å². The molecule has 2 aromatic heterocycles. The molecule has 0 radical (unpaired) electrons. The second-order valence-electron chi connectivity index (χ2n) is 9.45. The summed E-state index contributed by atoms with van der Waals surface area (Å²) >= 11 is 0. The molecule has 5 rings (SSSR count). The van der Waals surface area contributed by atoms with E-state index in [1.807, 2.05) is 38.1 Å². The smallest absolute Gasteiger partial charge is 0.251 e. The van der Waals surface area contributed by atoms with Gasteiger partial charge in [-0.15, -0.1) is 0 Å². The van der Waals surface area contributed by atoms with Gasteiger partial charge in [-0.1, -0.05) is 0 Å². The summed E-state index contributed by atoms with van der Waals surface area (Å²) in [5.74, 6) is 0.847. The Morgan fingerprint density at radius 2 is 1.78 bits per heavy atom. The van der Waals surface area contributed by atoms with Gasteiger partial charge in [0.2, 0.25) is 15.9 Å². The Hall–Kier alpha value is -3.70. The maximum Gasteiger partial charge on any atom is 0.251 e. The number of ether oxygens (including phenoxy) is 2. The molecule has 10 nitrogen and oxygen atoms in total. The Labute approximate surface area is 216 Å². The van der Waals surface area contributed by atoms with Crippen LogP contribution in [0, 0.1) is 0 Å². The van der Waals surface area contributed by atoms with Crippen molar-refractivity contribution >= 4 is 27.4 Å². The first kappa shape index (κ1) is 25.0. The third kappa shape index (κ3) is 5.23. The number of morpholine rings is 1. The Morgan fingerprint density at radius 3 is 2.49 bits per heavy atom. The van der Waals surface area contributed by atoms with Crippen LogP contribution in [0.5, 0.6) is 5.88 Å². The summed E-state index contributed by atoms with van der Waals surface area (Å²) in [7, 11) is -2.14. The molecule has 2 atom stereocenters. The molecule has 2 aliphatic heterocycles. The monoisotopic (exact) mass is 523 g/mol. The molecule has 1 fully saturated rings. The number of amides is 1. The zero-order chi connectivity index (χ0) is 26.3. The number of hydrogen-bond acceptors (Lipinski definition) is 8. The normalized spacial score (nSPS) is 19.4. The van der Waals surface area contributed by atoms with E-state index in [-0.39, 0.29) is 29.7 Å². The van der Waals surface area contributed by atoms with Gasteiger partial charge in [-0.05, 0) is 66.4 Å². The number of sulfonamides is 1. The third-order valence-electron chi connectivity index (χ3n) is 6.39. The van der Waals surface area contributed by atoms with Crippen LogP contribution >= 0.6 is 0 Å². The van der Waals surface area contributed by atoms with Gasteiger partial charge in [0.1, 0.15) is 11.5 Å². The van der Waals surface area contributed by atoms with Crippen LogP contribution in [-0.2, 0) is 21.3 Å². The van der Waals surface area contributed by atoms with Crippen LogP contribution in [0.1, 0.15) is 29.8 Å². The lowest BCUT2D eigenvalue weighted by Crippen LogP contribution is -2.45. The molecule has 0 unspecified atom stereocenters. The molecular weight excluding hydrogens is 494 g/mol. The highest BCUT2D eigenvalue weighted by molar-refractivity contribution is 7.92. The molecule has 4 heterocycles. The fourth-order valence-corrected chi connectivity index (χ4v) is 5.47. The highest BCUT2D eigenvalue weighted by atomic mass is 32.2. The molecule has 37 heavy (non-hydrogen) atoms. The van der Waals surface area contributed by atoms with E-state index in [4.69, 9.17) is 9.47 Å². The van der Waals surface area contributed by atoms with Crippen LogP contribution in [0.2, 0.25) is 0 Å². The van der Waals surface area contributed by atoms with Crippen LogP contribution in [0.4, 0.5) is 11.5 Å². The van der Waals surface area contributed by atoms with Crippen molar-refractivity contribution in [3.63, 3.8) is 0 Å². The lowest BCUT2D eigenvalue weighted by molar-refractivity contribution is -0.00545. The number of benzene rings is 1. The fourth-order valence-electron chi connectivity index (χ4n) is 4.92. The lowest BCUT2D eigenvalue weighted by atomic mass is 9.92. The van der Waals surface area contributed by atoms with Gasteiger partial charge in [0.15, 0.2) is 0 Å². The van der Waals surface area contributed by atoms with Crippen molar-refractivity contribution in [2.45, 2.75) is 32.6 Å². The summed E-state index contributed by atoms with van der Waals surface area (Å²) in [6.07, 6.45) is 4.65. The highest BCUT2D eigenvalue weighted by Crippen LogP contribution is 2.37. The highest BCUT2D eigenvalue weighted by Gasteiger charge is 2.26. The number of nitrogens with zero attached hydrogens (tertiary/aromatic N) is 3. The standard InChI is InChI=1S/C26H29N5O5S/c1-15-13-31(14-16(2)36-15)24-10-17(5-6-27-24)18-7-20(22-12-28-25(32)21(22)8-18)19-9-23(30-37(4,33)34)26(35-3)29-11-19/h5-11,15-16,30H,12-14H2,1-4H3,(H,28,32)/t15-,16+. The van der Waals surface area contributed by atoms with E-state index in [0.717, 1.165) is 47.4 Å². The van der Waals surface area contributed by atoms with Crippen LogP contribution in [-0.4, -0.2) is 63.0 Å². The predicted octanol–water partition coefficient (Wildman–Crippen LogP) is 3.05. The van der Waals surface area contributed by atoms with Crippen molar-refractivity contribution in [1.82, 2.24) is 15.3 Å². The molecule has 2 aliphatic rings. The van der Waals surface area contributed by atoms with E-state index in [2.05, 4.69) is 24.9 Å². The molecule has 11 heteroatoms. The van der Waals surface area contributed by atoms with Gasteiger partial charge < -0.3 is 19.7 Å². The number of carbonyl (C=O) groups is 1. The molecule has 3 aromatic rings. The summed E-state index contributed by atoms with van der Waals surface area (Å²) in [5.41, 5.74) is 4.83. The number of nitrogens with one attached hydrogen (secondary N) is 2. The minimum absolute atomic E-state index is 0.0989. The Kier molecular flexibility index (Phi) is 6.50. The second kappa shape index (κ2) is 9.64. The quantitative estimate of drug-likeness (QED) is 0.506. The molecule has 0 bridgehead atoms. The van der Waals surface area contributed by atoms with E-state index < -0.39 is 10.0 Å². The van der Waals surface area contributed by atoms with Gasteiger partial charge in [0.05, 0.1) is 25.6 Å². The first-order chi connectivity index (χ1) is 17.6. The predicted molar refractivity (Wildman–Crippen MR) is 141 cm³/mol. The third-order valence-corrected chi connectivity index (χ3v) is 6.98. The van der Waals surface area contributed by atoms with Gasteiger partial charge in [-0.3, -0.25) is 9.52 Å². The van der Waals surface area contributed by atoms with E-state index in [1.54, 1.807) is 18.5 Å². The van der Waals surface area contributed by atoms with Gasteiger partial charge in [0.25, 0.3) is 5.91 Å². The molecule has 1 saturated heterocycles. The molecular formula is C26H29N5O5S. The van der Waals surface area contributed by atoms with E-state index in [1.165, 1.54) is 7.11 Å². The van der Waals surface area contributed by atoms with Crippen molar-refractivity contribution in [2.75, 3.05) is 36.1 Å². The SMILES string of the molecule is COc1ncc(-c2cc(-c3ccnc(N4C[C@@H](C)O[C@@H](C)C4)c3)cc3c2CNC3=O)cc1NS(C)(=O)=O. The van der Waals surface area contributed by atoms with E-state index in [9.17, 15) is 13.2 Å². The van der Waals surface area contributed by atoms with Crippen LogP contribution < -0.4 is 19.7 Å². The largest absolute Gasteiger partial charge is 0.480 e. The summed E-state index contributed by atoms with van der Waals surface area (Å²) in [5, 5.41) is 2.89. The number of fused-ring (bicyclic) bond motifs is 1. The zero-order valence-corrected chi connectivity index (χ0v) is 21.9. The van der Waals surface area contributed by atoms with Gasteiger partial charge in [0, 0.05) is 43.2 Å². The van der Waals surface area contributed by atoms with Crippen molar-refractivity contribution in [3.05, 3.63) is 53.9 Å². The number of carbonyl (C=O) groups excluding carboxylic acids is 1. The topological polar surface area (TPSA) is 123 Å². The van der Waals surface area contributed by atoms with Crippen LogP contribution in [0.15, 0.2) is 42.7 Å². The molecule has 1 aromatic carbocycles. The molecule has 194 valence electrons. The Morgan fingerprint density at radius 1 is 1.05 bits per heavy atom. The lowest BCUT2D eigenvalue weighted by Gasteiger charge is -2.36. The number of rotatable bonds is 6. The summed E-state index contributed by atoms with van der Waals surface area (Å²) in [6, 6.07) is 9.49. The summed E-state index contributed by atoms with van der Waals surface area (Å²) in [4.78, 5) is 23.8. The number of aromatic nitrogens is 2. The minimum atomic E-state index is -3.56. The van der Waals surface area contributed by atoms with Crippen molar-refractivity contribution in [2.24, 2.45) is 0 Å². The molecule has 0 aliphatic carbocycles. The molecule has 0 saturated carbocycles. The molecule has 2 N–H and O–H groups in total. The second-order valence-corrected chi connectivity index (χ2v) is 11.2. The van der Waals surface area contributed by atoms with Crippen molar-refractivity contribution in [1.29, 1.82) is 0 Å². The average Bonchev–Trinajstić information content (AvgIpc) is 3.22. The fraction of sp³-hybridized carbons (Fsp3) is 0.346. The van der Waals surface area contributed by atoms with Gasteiger partial charge in [-0.25, -0.2) is 18.4 Å². The van der Waals surface area contributed by atoms with Crippen molar-refractivity contribution in [3.8, 4) is 28.1 Å². The maximum atomic E-state index is 12.7. The van der Waals surface area contributed by atoms with Crippen LogP contribution in [0.3, 0.4) is 0 Å². The maximum absolute atomic E-state index is 12.7. The summed E-state index contributed by atoms with van der Waals surface area (Å²) < 4.78 is 37.4. The first-order valence-electron chi connectivity index (χ1n) is 12.0. The Bertz CT molecular complexity index is 1470. The molecule has 0 spiro atoms. The minimum Gasteiger partial charge on any atom is -0.480 e. The Balaban J connectivity index is 1.60. The average molecular weight is 524 g/mol. The first-order valence-corrected chi connectivity index (χ1v) is 13.8. The van der Waals surface area contributed by atoms with E-state index in [0.29, 0.717) is 17.7 Å². The van der Waals surface area contributed by atoms with Gasteiger partial charge >= 0.3 is 0 Å². The number of anilines is 2. The van der Waals surface area contributed by atoms with Crippen molar-refractivity contribution < 1.29 is 22.7 Å². The number of pyridine rings is 2. The number of hydrogen-bond donors (Lipinski definition) is 2. The zero-order valence-electron chi connectivity index (χ0n) is 21.1. The number of methoxy groups -OCH3 is 1. The molecule has 1 amide bonds.